The molecule has 0 fully saturated rings. The first kappa shape index (κ1) is 14.0. The Morgan fingerprint density at radius 1 is 1.42 bits per heavy atom. The maximum absolute atomic E-state index is 13.1. The Labute approximate surface area is 117 Å². The molecule has 2 rings (SSSR count). The van der Waals surface area contributed by atoms with E-state index >= 15 is 0 Å². The molecule has 1 aromatic carbocycles. The molecule has 102 valence electrons. The van der Waals surface area contributed by atoms with E-state index in [0.29, 0.717) is 5.02 Å². The van der Waals surface area contributed by atoms with Crippen LogP contribution < -0.4 is 5.32 Å². The van der Waals surface area contributed by atoms with Gasteiger partial charge >= 0.3 is 0 Å². The monoisotopic (exact) mass is 281 g/mol. The van der Waals surface area contributed by atoms with Crippen LogP contribution in [0.25, 0.3) is 0 Å². The van der Waals surface area contributed by atoms with E-state index in [1.165, 1.54) is 12.1 Å². The van der Waals surface area contributed by atoms with Crippen LogP contribution in [0.1, 0.15) is 30.6 Å². The standard InChI is InChI=1S/C14H17ClFN3/c1-3-8-19-13(6-7-18-19)14(17-2)11-5-4-10(16)9-12(11)15/h4-7,9,14,17H,3,8H2,1-2H3. The summed E-state index contributed by atoms with van der Waals surface area (Å²) in [5.74, 6) is -0.328. The summed E-state index contributed by atoms with van der Waals surface area (Å²) in [6.07, 6.45) is 2.77. The van der Waals surface area contributed by atoms with E-state index in [4.69, 9.17) is 11.6 Å². The van der Waals surface area contributed by atoms with Crippen molar-refractivity contribution in [1.82, 2.24) is 15.1 Å². The van der Waals surface area contributed by atoms with Crippen molar-refractivity contribution < 1.29 is 4.39 Å². The lowest BCUT2D eigenvalue weighted by Gasteiger charge is -2.19. The molecule has 2 aromatic rings. The molecule has 19 heavy (non-hydrogen) atoms. The van der Waals surface area contributed by atoms with Crippen LogP contribution in [0, 0.1) is 5.82 Å². The highest BCUT2D eigenvalue weighted by atomic mass is 35.5. The van der Waals surface area contributed by atoms with Crippen molar-refractivity contribution in [2.24, 2.45) is 0 Å². The van der Waals surface area contributed by atoms with E-state index in [0.717, 1.165) is 24.2 Å². The number of aromatic nitrogens is 2. The van der Waals surface area contributed by atoms with Gasteiger partial charge in [-0.1, -0.05) is 24.6 Å². The average Bonchev–Trinajstić information content (AvgIpc) is 2.82. The Morgan fingerprint density at radius 2 is 2.21 bits per heavy atom. The quantitative estimate of drug-likeness (QED) is 0.910. The van der Waals surface area contributed by atoms with Crippen molar-refractivity contribution in [1.29, 1.82) is 0 Å². The normalized spacial score (nSPS) is 12.6. The van der Waals surface area contributed by atoms with Gasteiger partial charge in [0.1, 0.15) is 5.82 Å². The number of aryl methyl sites for hydroxylation is 1. The van der Waals surface area contributed by atoms with Gasteiger partial charge in [-0.05, 0) is 37.2 Å². The zero-order chi connectivity index (χ0) is 13.8. The Bertz CT molecular complexity index is 553. The molecule has 0 bridgehead atoms. The molecule has 0 amide bonds. The van der Waals surface area contributed by atoms with Crippen LogP contribution in [0.3, 0.4) is 0 Å². The second-order valence-corrected chi connectivity index (χ2v) is 4.77. The minimum atomic E-state index is -0.328. The van der Waals surface area contributed by atoms with Crippen molar-refractivity contribution in [3.8, 4) is 0 Å². The molecule has 0 saturated heterocycles. The molecule has 1 unspecified atom stereocenters. The molecule has 1 heterocycles. The van der Waals surface area contributed by atoms with Gasteiger partial charge in [-0.3, -0.25) is 4.68 Å². The van der Waals surface area contributed by atoms with Gasteiger partial charge in [-0.15, -0.1) is 0 Å². The van der Waals surface area contributed by atoms with E-state index in [9.17, 15) is 4.39 Å². The first-order valence-electron chi connectivity index (χ1n) is 6.31. The highest BCUT2D eigenvalue weighted by Gasteiger charge is 2.19. The SMILES string of the molecule is CCCn1nccc1C(NC)c1ccc(F)cc1Cl. The molecule has 1 aromatic heterocycles. The smallest absolute Gasteiger partial charge is 0.124 e. The summed E-state index contributed by atoms with van der Waals surface area (Å²) in [5.41, 5.74) is 1.88. The average molecular weight is 282 g/mol. The van der Waals surface area contributed by atoms with E-state index in [1.54, 1.807) is 12.3 Å². The molecule has 0 radical (unpaired) electrons. The van der Waals surface area contributed by atoms with Crippen LogP contribution in [0.15, 0.2) is 30.5 Å². The Balaban J connectivity index is 2.41. The summed E-state index contributed by atoms with van der Waals surface area (Å²) in [5, 5.41) is 7.94. The van der Waals surface area contributed by atoms with Gasteiger partial charge in [0.2, 0.25) is 0 Å². The van der Waals surface area contributed by atoms with Crippen LogP contribution in [0.5, 0.6) is 0 Å². The van der Waals surface area contributed by atoms with Crippen LogP contribution >= 0.6 is 11.6 Å². The minimum Gasteiger partial charge on any atom is -0.308 e. The number of nitrogens with zero attached hydrogens (tertiary/aromatic N) is 2. The summed E-state index contributed by atoms with van der Waals surface area (Å²) >= 11 is 6.14. The van der Waals surface area contributed by atoms with Crippen molar-refractivity contribution in [2.45, 2.75) is 25.9 Å². The summed E-state index contributed by atoms with van der Waals surface area (Å²) in [7, 11) is 1.85. The van der Waals surface area contributed by atoms with Crippen LogP contribution in [0.2, 0.25) is 5.02 Å². The topological polar surface area (TPSA) is 29.9 Å². The Hall–Kier alpha value is -1.39. The lowest BCUT2D eigenvalue weighted by molar-refractivity contribution is 0.534. The molecule has 3 nitrogen and oxygen atoms in total. The predicted octanol–water partition coefficient (Wildman–Crippen LogP) is 3.39. The molecule has 5 heteroatoms. The fraction of sp³-hybridized carbons (Fsp3) is 0.357. The third-order valence-electron chi connectivity index (χ3n) is 3.04. The summed E-state index contributed by atoms with van der Waals surface area (Å²) in [6.45, 7) is 2.95. The van der Waals surface area contributed by atoms with Gasteiger partial charge in [0.05, 0.1) is 11.7 Å². The lowest BCUT2D eigenvalue weighted by atomic mass is 10.0. The zero-order valence-corrected chi connectivity index (χ0v) is 11.8. The number of nitrogens with one attached hydrogen (secondary N) is 1. The van der Waals surface area contributed by atoms with Crippen molar-refractivity contribution in [2.75, 3.05) is 7.05 Å². The van der Waals surface area contributed by atoms with Gasteiger partial charge in [-0.2, -0.15) is 5.10 Å². The number of halogens is 2. The summed E-state index contributed by atoms with van der Waals surface area (Å²) < 4.78 is 15.1. The van der Waals surface area contributed by atoms with Gasteiger partial charge in [0, 0.05) is 17.8 Å². The van der Waals surface area contributed by atoms with Crippen LogP contribution in [0.4, 0.5) is 4.39 Å². The zero-order valence-electron chi connectivity index (χ0n) is 11.0. The van der Waals surface area contributed by atoms with Crippen LogP contribution in [-0.2, 0) is 6.54 Å². The molecule has 0 aliphatic heterocycles. The van der Waals surface area contributed by atoms with E-state index in [-0.39, 0.29) is 11.9 Å². The first-order valence-corrected chi connectivity index (χ1v) is 6.69. The molecule has 1 N–H and O–H groups in total. The van der Waals surface area contributed by atoms with Gasteiger partial charge in [-0.25, -0.2) is 4.39 Å². The molecule has 1 atom stereocenters. The maximum Gasteiger partial charge on any atom is 0.124 e. The molecular weight excluding hydrogens is 265 g/mol. The summed E-state index contributed by atoms with van der Waals surface area (Å²) in [6, 6.07) is 6.33. The van der Waals surface area contributed by atoms with Crippen molar-refractivity contribution in [3.05, 3.63) is 52.6 Å². The maximum atomic E-state index is 13.1. The number of rotatable bonds is 5. The third kappa shape index (κ3) is 2.96. The first-order chi connectivity index (χ1) is 9.17. The fourth-order valence-corrected chi connectivity index (χ4v) is 2.46. The van der Waals surface area contributed by atoms with Crippen LogP contribution in [-0.4, -0.2) is 16.8 Å². The minimum absolute atomic E-state index is 0.0952. The molecule has 0 aliphatic rings. The van der Waals surface area contributed by atoms with Gasteiger partial charge < -0.3 is 5.32 Å². The van der Waals surface area contributed by atoms with E-state index in [1.807, 2.05) is 17.8 Å². The number of hydrogen-bond acceptors (Lipinski definition) is 2. The molecule has 0 saturated carbocycles. The second-order valence-electron chi connectivity index (χ2n) is 4.37. The third-order valence-corrected chi connectivity index (χ3v) is 3.37. The molecular formula is C14H17ClFN3. The van der Waals surface area contributed by atoms with E-state index in [2.05, 4.69) is 17.3 Å². The van der Waals surface area contributed by atoms with E-state index < -0.39 is 0 Å². The predicted molar refractivity (Wildman–Crippen MR) is 74.8 cm³/mol. The highest BCUT2D eigenvalue weighted by Crippen LogP contribution is 2.28. The fourth-order valence-electron chi connectivity index (χ4n) is 2.19. The van der Waals surface area contributed by atoms with Crippen molar-refractivity contribution >= 4 is 11.6 Å². The second kappa shape index (κ2) is 6.17. The largest absolute Gasteiger partial charge is 0.308 e. The van der Waals surface area contributed by atoms with Crippen molar-refractivity contribution in [3.63, 3.8) is 0 Å². The highest BCUT2D eigenvalue weighted by molar-refractivity contribution is 6.31. The number of hydrogen-bond donors (Lipinski definition) is 1. The summed E-state index contributed by atoms with van der Waals surface area (Å²) in [4.78, 5) is 0. The Morgan fingerprint density at radius 3 is 2.84 bits per heavy atom. The number of benzene rings is 1. The molecule has 0 spiro atoms. The Kier molecular flexibility index (Phi) is 4.56. The van der Waals surface area contributed by atoms with Gasteiger partial charge in [0.25, 0.3) is 0 Å². The molecule has 0 aliphatic carbocycles. The van der Waals surface area contributed by atoms with Gasteiger partial charge in [0.15, 0.2) is 0 Å². The lowest BCUT2D eigenvalue weighted by Crippen LogP contribution is -2.22.